The number of nitrogens with one attached hydrogen (secondary N) is 1. The van der Waals surface area contributed by atoms with Gasteiger partial charge in [-0.2, -0.15) is 0 Å². The first-order valence-electron chi connectivity index (χ1n) is 9.73. The average molecular weight is 475 g/mol. The number of hydrogen-bond acceptors (Lipinski definition) is 4. The van der Waals surface area contributed by atoms with Gasteiger partial charge in [0, 0.05) is 22.5 Å². The van der Waals surface area contributed by atoms with E-state index in [-0.39, 0.29) is 16.7 Å². The largest absolute Gasteiger partial charge is 0.494 e. The maximum Gasteiger partial charge on any atom is 0.407 e. The molecule has 0 bridgehead atoms. The Bertz CT molecular complexity index is 642. The van der Waals surface area contributed by atoms with Crippen molar-refractivity contribution in [2.24, 2.45) is 0 Å². The molecule has 0 fully saturated rings. The maximum absolute atomic E-state index is 11.8. The minimum atomic E-state index is -2.22. The van der Waals surface area contributed by atoms with Crippen LogP contribution in [0.2, 0.25) is 11.6 Å². The van der Waals surface area contributed by atoms with Crippen molar-refractivity contribution in [1.82, 2.24) is 5.32 Å². The van der Waals surface area contributed by atoms with Crippen molar-refractivity contribution in [3.8, 4) is 5.75 Å². The van der Waals surface area contributed by atoms with Crippen molar-refractivity contribution in [2.75, 3.05) is 12.8 Å². The second kappa shape index (κ2) is 10.1. The number of benzene rings is 1. The Morgan fingerprint density at radius 2 is 1.86 bits per heavy atom. The van der Waals surface area contributed by atoms with Crippen molar-refractivity contribution in [3.63, 3.8) is 0 Å². The van der Waals surface area contributed by atoms with E-state index in [1.54, 1.807) is 0 Å². The van der Waals surface area contributed by atoms with E-state index in [4.69, 9.17) is 13.9 Å². The first kappa shape index (κ1) is 25.0. The highest BCUT2D eigenvalue weighted by Gasteiger charge is 2.44. The fraction of sp³-hybridized carbons (Fsp3) is 0.667. The van der Waals surface area contributed by atoms with E-state index in [1.165, 1.54) is 0 Å². The van der Waals surface area contributed by atoms with E-state index in [1.807, 2.05) is 52.0 Å². The summed E-state index contributed by atoms with van der Waals surface area (Å²) >= 11 is 3.47. The van der Waals surface area contributed by atoms with Gasteiger partial charge >= 0.3 is 6.09 Å². The lowest BCUT2D eigenvalue weighted by Gasteiger charge is -2.40. The molecule has 0 radical (unpaired) electrons. The van der Waals surface area contributed by atoms with Crippen molar-refractivity contribution in [1.29, 1.82) is 0 Å². The molecule has 1 rings (SSSR count). The molecule has 160 valence electrons. The van der Waals surface area contributed by atoms with Crippen molar-refractivity contribution in [3.05, 3.63) is 28.7 Å². The molecule has 0 aromatic heterocycles. The Labute approximate surface area is 179 Å². The Morgan fingerprint density at radius 1 is 1.21 bits per heavy atom. The molecule has 0 heterocycles. The number of halogens is 1. The van der Waals surface area contributed by atoms with E-state index in [0.717, 1.165) is 10.2 Å². The smallest absolute Gasteiger partial charge is 0.407 e. The zero-order chi connectivity index (χ0) is 21.6. The molecular formula is C21H36BrNO4Si. The molecule has 2 atom stereocenters. The van der Waals surface area contributed by atoms with Gasteiger partial charge in [-0.05, 0) is 57.5 Å². The lowest BCUT2D eigenvalue weighted by atomic mass is 10.1. The highest BCUT2D eigenvalue weighted by molar-refractivity contribution is 9.10. The zero-order valence-electron chi connectivity index (χ0n) is 18.5. The highest BCUT2D eigenvalue weighted by atomic mass is 79.9. The molecule has 1 aromatic carbocycles. The molecule has 7 heteroatoms. The van der Waals surface area contributed by atoms with Gasteiger partial charge in [0.2, 0.25) is 8.32 Å². The van der Waals surface area contributed by atoms with Gasteiger partial charge < -0.3 is 19.2 Å². The molecule has 28 heavy (non-hydrogen) atoms. The van der Waals surface area contributed by atoms with Crippen LogP contribution < -0.4 is 10.1 Å². The summed E-state index contributed by atoms with van der Waals surface area (Å²) in [5, 5.41) is 2.79. The molecule has 0 saturated carbocycles. The molecule has 0 saturated heterocycles. The van der Waals surface area contributed by atoms with Gasteiger partial charge in [-0.15, -0.1) is 0 Å². The third kappa shape index (κ3) is 8.96. The van der Waals surface area contributed by atoms with Crippen molar-refractivity contribution in [2.45, 2.75) is 78.1 Å². The Morgan fingerprint density at radius 3 is 2.39 bits per heavy atom. The molecule has 5 nitrogen and oxygen atoms in total. The minimum Gasteiger partial charge on any atom is -0.494 e. The third-order valence-corrected chi connectivity index (χ3v) is 9.88. The Balaban J connectivity index is 2.61. The number of ether oxygens (including phenoxy) is 2. The van der Waals surface area contributed by atoms with Gasteiger partial charge in [0.1, 0.15) is 12.0 Å². The van der Waals surface area contributed by atoms with Crippen LogP contribution in [0.25, 0.3) is 0 Å². The molecule has 1 unspecified atom stereocenters. The first-order valence-corrected chi connectivity index (χ1v) is 13.1. The van der Waals surface area contributed by atoms with Crippen LogP contribution in [0.15, 0.2) is 28.7 Å². The molecule has 1 amide bonds. The predicted molar refractivity (Wildman–Crippen MR) is 120 cm³/mol. The molecule has 0 aliphatic carbocycles. The summed E-state index contributed by atoms with van der Waals surface area (Å²) in [5.74, 6) is 0.829. The zero-order valence-corrected chi connectivity index (χ0v) is 21.1. The number of hydrogen-bond donors (Lipinski definition) is 1. The van der Waals surface area contributed by atoms with Crippen LogP contribution in [0.4, 0.5) is 4.79 Å². The SMILES string of the molecule is C[C@@H](CCOC(=O)NC(C)(C)C)O[Si](C)(COc1cccc(Br)c1)C(C)(C)C. The number of alkyl carbamates (subject to hydrolysis) is 1. The Hall–Kier alpha value is -1.05. The maximum atomic E-state index is 11.8. The van der Waals surface area contributed by atoms with Crippen LogP contribution in [0, 0.1) is 0 Å². The first-order chi connectivity index (χ1) is 12.7. The summed E-state index contributed by atoms with van der Waals surface area (Å²) < 4.78 is 18.9. The standard InChI is InChI=1S/C21H36BrNO4Si/c1-16(12-13-25-19(24)23-20(2,3)4)27-28(8,21(5,6)7)15-26-18-11-9-10-17(22)14-18/h9-11,14,16H,12-13,15H2,1-8H3,(H,23,24)/t16-,28?/m0/s1. The number of carbonyl (C=O) groups is 1. The van der Waals surface area contributed by atoms with Gasteiger partial charge in [0.15, 0.2) is 0 Å². The van der Waals surface area contributed by atoms with E-state index >= 15 is 0 Å². The highest BCUT2D eigenvalue weighted by Crippen LogP contribution is 2.38. The van der Waals surface area contributed by atoms with Gasteiger partial charge in [-0.3, -0.25) is 0 Å². The minimum absolute atomic E-state index is 0.00224. The van der Waals surface area contributed by atoms with Crippen LogP contribution in [-0.2, 0) is 9.16 Å². The van der Waals surface area contributed by atoms with Crippen LogP contribution in [0.5, 0.6) is 5.75 Å². The van der Waals surface area contributed by atoms with Gasteiger partial charge in [0.05, 0.1) is 6.61 Å². The summed E-state index contributed by atoms with van der Waals surface area (Å²) in [4.78, 5) is 11.8. The van der Waals surface area contributed by atoms with E-state index < -0.39 is 14.4 Å². The summed E-state index contributed by atoms with van der Waals surface area (Å²) in [6.07, 6.45) is 0.786. The molecule has 1 aromatic rings. The molecule has 1 N–H and O–H groups in total. The lowest BCUT2D eigenvalue weighted by molar-refractivity contribution is 0.108. The van der Waals surface area contributed by atoms with Crippen molar-refractivity contribution >= 4 is 30.3 Å². The molecule has 0 aliphatic heterocycles. The van der Waals surface area contributed by atoms with Gasteiger partial charge in [-0.25, -0.2) is 4.79 Å². The van der Waals surface area contributed by atoms with Gasteiger partial charge in [-0.1, -0.05) is 42.8 Å². The second-order valence-corrected chi connectivity index (χ2v) is 14.9. The van der Waals surface area contributed by atoms with Crippen LogP contribution in [-0.4, -0.2) is 38.9 Å². The van der Waals surface area contributed by atoms with Crippen LogP contribution in [0.3, 0.4) is 0 Å². The average Bonchev–Trinajstić information content (AvgIpc) is 2.50. The number of rotatable bonds is 8. The second-order valence-electron chi connectivity index (χ2n) is 9.45. The van der Waals surface area contributed by atoms with Gasteiger partial charge in [0.25, 0.3) is 0 Å². The van der Waals surface area contributed by atoms with Crippen LogP contribution >= 0.6 is 15.9 Å². The fourth-order valence-electron chi connectivity index (χ4n) is 2.37. The normalized spacial score (nSPS) is 15.5. The summed E-state index contributed by atoms with van der Waals surface area (Å²) in [7, 11) is -2.22. The Kier molecular flexibility index (Phi) is 9.03. The monoisotopic (exact) mass is 473 g/mol. The molecule has 0 aliphatic rings. The summed E-state index contributed by atoms with van der Waals surface area (Å²) in [6.45, 7) is 16.9. The molecule has 0 spiro atoms. The van der Waals surface area contributed by atoms with Crippen LogP contribution in [0.1, 0.15) is 54.9 Å². The predicted octanol–water partition coefficient (Wildman–Crippen LogP) is 6.06. The summed E-state index contributed by atoms with van der Waals surface area (Å²) in [6, 6.07) is 7.84. The quantitative estimate of drug-likeness (QED) is 0.465. The fourth-order valence-corrected chi connectivity index (χ4v) is 5.05. The number of amides is 1. The van der Waals surface area contributed by atoms with E-state index in [9.17, 15) is 4.79 Å². The lowest BCUT2D eigenvalue weighted by Crippen LogP contribution is -2.52. The topological polar surface area (TPSA) is 56.8 Å². The van der Waals surface area contributed by atoms with E-state index in [2.05, 4.69) is 48.6 Å². The van der Waals surface area contributed by atoms with Crippen molar-refractivity contribution < 1.29 is 18.7 Å². The summed E-state index contributed by atoms with van der Waals surface area (Å²) in [5.41, 5.74) is -0.305. The molecular weight excluding hydrogens is 438 g/mol. The van der Waals surface area contributed by atoms with E-state index in [0.29, 0.717) is 19.3 Å². The number of carbonyl (C=O) groups excluding carboxylic acids is 1. The third-order valence-electron chi connectivity index (χ3n) is 4.59.